The van der Waals surface area contributed by atoms with Gasteiger partial charge in [-0.1, -0.05) is 6.92 Å². The highest BCUT2D eigenvalue weighted by molar-refractivity contribution is 5.67. The van der Waals surface area contributed by atoms with Crippen molar-refractivity contribution in [1.29, 1.82) is 0 Å². The van der Waals surface area contributed by atoms with E-state index >= 15 is 0 Å². The fourth-order valence-electron chi connectivity index (χ4n) is 1.95. The van der Waals surface area contributed by atoms with Crippen LogP contribution in [0.2, 0.25) is 0 Å². The molecule has 1 aromatic carbocycles. The molecule has 0 saturated heterocycles. The van der Waals surface area contributed by atoms with Crippen LogP contribution in [0.5, 0.6) is 0 Å². The molecule has 0 aliphatic rings. The number of nitrogens with two attached hydrogens (primary N) is 1. The van der Waals surface area contributed by atoms with Gasteiger partial charge in [0.2, 0.25) is 0 Å². The fourth-order valence-corrected chi connectivity index (χ4v) is 1.95. The summed E-state index contributed by atoms with van der Waals surface area (Å²) < 4.78 is 59.6. The van der Waals surface area contributed by atoms with Gasteiger partial charge in [0.05, 0.1) is 0 Å². The minimum Gasteiger partial charge on any atom is -0.444 e. The SMILES string of the molecule is CC(C)(C)OC(=O)NCC(C)(CN)c1c(F)c(F)cc(F)c1F. The van der Waals surface area contributed by atoms with Gasteiger partial charge < -0.3 is 15.8 Å². The first-order valence-corrected chi connectivity index (χ1v) is 6.91. The van der Waals surface area contributed by atoms with Crippen LogP contribution in [0.3, 0.4) is 0 Å². The van der Waals surface area contributed by atoms with Gasteiger partial charge in [0, 0.05) is 30.1 Å². The molecule has 23 heavy (non-hydrogen) atoms. The average Bonchev–Trinajstić information content (AvgIpc) is 2.41. The Hall–Kier alpha value is -1.83. The molecule has 1 amide bonds. The van der Waals surface area contributed by atoms with Crippen LogP contribution >= 0.6 is 0 Å². The zero-order valence-electron chi connectivity index (χ0n) is 13.4. The minimum absolute atomic E-state index is 0.117. The van der Waals surface area contributed by atoms with Crippen molar-refractivity contribution in [2.75, 3.05) is 13.1 Å². The molecule has 0 heterocycles. The van der Waals surface area contributed by atoms with Crippen molar-refractivity contribution in [3.05, 3.63) is 34.9 Å². The molecular formula is C15H20F4N2O2. The third-order valence-corrected chi connectivity index (χ3v) is 3.19. The van der Waals surface area contributed by atoms with Gasteiger partial charge in [-0.25, -0.2) is 22.4 Å². The molecule has 0 aliphatic carbocycles. The fraction of sp³-hybridized carbons (Fsp3) is 0.533. The molecule has 0 radical (unpaired) electrons. The van der Waals surface area contributed by atoms with Crippen LogP contribution in [0.1, 0.15) is 33.3 Å². The first-order chi connectivity index (χ1) is 10.4. The third kappa shape index (κ3) is 4.57. The molecule has 0 aromatic heterocycles. The van der Waals surface area contributed by atoms with E-state index in [0.29, 0.717) is 0 Å². The average molecular weight is 336 g/mol. The summed E-state index contributed by atoms with van der Waals surface area (Å²) >= 11 is 0. The second kappa shape index (κ2) is 6.74. The van der Waals surface area contributed by atoms with Crippen LogP contribution in [0.25, 0.3) is 0 Å². The predicted molar refractivity (Wildman–Crippen MR) is 76.9 cm³/mol. The molecule has 4 nitrogen and oxygen atoms in total. The van der Waals surface area contributed by atoms with Crippen molar-refractivity contribution >= 4 is 6.09 Å². The highest BCUT2D eigenvalue weighted by Gasteiger charge is 2.35. The Morgan fingerprint density at radius 2 is 1.61 bits per heavy atom. The number of amides is 1. The van der Waals surface area contributed by atoms with Crippen LogP contribution < -0.4 is 11.1 Å². The summed E-state index contributed by atoms with van der Waals surface area (Å²) in [5.41, 5.74) is 2.33. The van der Waals surface area contributed by atoms with E-state index in [4.69, 9.17) is 10.5 Å². The minimum atomic E-state index is -1.56. The van der Waals surface area contributed by atoms with Gasteiger partial charge in [-0.15, -0.1) is 0 Å². The van der Waals surface area contributed by atoms with Crippen molar-refractivity contribution < 1.29 is 27.1 Å². The monoisotopic (exact) mass is 336 g/mol. The summed E-state index contributed by atoms with van der Waals surface area (Å²) in [6.45, 7) is 5.46. The molecule has 0 bridgehead atoms. The number of alkyl carbamates (subject to hydrolysis) is 1. The summed E-state index contributed by atoms with van der Waals surface area (Å²) in [6, 6.07) is 0.117. The van der Waals surface area contributed by atoms with E-state index in [9.17, 15) is 22.4 Å². The Bertz CT molecular complexity index is 576. The smallest absolute Gasteiger partial charge is 0.407 e. The molecule has 0 spiro atoms. The molecule has 0 saturated carbocycles. The molecule has 1 atom stereocenters. The van der Waals surface area contributed by atoms with E-state index < -0.39 is 45.9 Å². The topological polar surface area (TPSA) is 64.3 Å². The number of nitrogens with one attached hydrogen (secondary N) is 1. The lowest BCUT2D eigenvalue weighted by atomic mass is 9.81. The second-order valence-corrected chi connectivity index (χ2v) is 6.46. The molecule has 0 fully saturated rings. The van der Waals surface area contributed by atoms with Gasteiger partial charge in [0.1, 0.15) is 5.60 Å². The molecule has 0 aliphatic heterocycles. The van der Waals surface area contributed by atoms with Crippen LogP contribution in [0.15, 0.2) is 6.07 Å². The van der Waals surface area contributed by atoms with Crippen LogP contribution in [0.4, 0.5) is 22.4 Å². The van der Waals surface area contributed by atoms with Crippen molar-refractivity contribution in [2.45, 2.75) is 38.7 Å². The van der Waals surface area contributed by atoms with Gasteiger partial charge >= 0.3 is 6.09 Å². The lowest BCUT2D eigenvalue weighted by Gasteiger charge is -2.30. The maximum absolute atomic E-state index is 13.9. The number of hydrogen-bond donors (Lipinski definition) is 2. The second-order valence-electron chi connectivity index (χ2n) is 6.46. The summed E-state index contributed by atoms with van der Waals surface area (Å²) in [5.74, 6) is -6.14. The van der Waals surface area contributed by atoms with Crippen molar-refractivity contribution in [3.63, 3.8) is 0 Å². The Kier molecular flexibility index (Phi) is 5.63. The number of hydrogen-bond acceptors (Lipinski definition) is 3. The predicted octanol–water partition coefficient (Wildman–Crippen LogP) is 2.98. The van der Waals surface area contributed by atoms with E-state index in [-0.39, 0.29) is 19.2 Å². The molecule has 1 rings (SSSR count). The Labute approximate surface area is 132 Å². The Balaban J connectivity index is 3.10. The summed E-state index contributed by atoms with van der Waals surface area (Å²) in [7, 11) is 0. The van der Waals surface area contributed by atoms with Crippen LogP contribution in [-0.2, 0) is 10.2 Å². The van der Waals surface area contributed by atoms with Gasteiger partial charge in [-0.2, -0.15) is 0 Å². The van der Waals surface area contributed by atoms with Crippen molar-refractivity contribution in [3.8, 4) is 0 Å². The van der Waals surface area contributed by atoms with Crippen molar-refractivity contribution in [1.82, 2.24) is 5.32 Å². The van der Waals surface area contributed by atoms with E-state index in [1.807, 2.05) is 0 Å². The molecule has 130 valence electrons. The summed E-state index contributed by atoms with van der Waals surface area (Å²) in [6.07, 6.45) is -0.838. The maximum Gasteiger partial charge on any atom is 0.407 e. The number of benzene rings is 1. The van der Waals surface area contributed by atoms with E-state index in [0.717, 1.165) is 0 Å². The van der Waals surface area contributed by atoms with Gasteiger partial charge in [0.25, 0.3) is 0 Å². The number of halogens is 4. The highest BCUT2D eigenvalue weighted by atomic mass is 19.2. The standard InChI is InChI=1S/C15H20F4N2O2/c1-14(2,3)23-13(22)21-7-15(4,6-20)10-11(18)8(16)5-9(17)12(10)19/h5H,6-7,20H2,1-4H3,(H,21,22). The Morgan fingerprint density at radius 3 is 2.00 bits per heavy atom. The van der Waals surface area contributed by atoms with Crippen LogP contribution in [-0.4, -0.2) is 24.8 Å². The maximum atomic E-state index is 13.9. The number of carbonyl (C=O) groups excluding carboxylic acids is 1. The van der Waals surface area contributed by atoms with E-state index in [1.165, 1.54) is 6.92 Å². The zero-order valence-corrected chi connectivity index (χ0v) is 13.4. The lowest BCUT2D eigenvalue weighted by Crippen LogP contribution is -2.46. The number of carbonyl (C=O) groups is 1. The highest BCUT2D eigenvalue weighted by Crippen LogP contribution is 2.30. The van der Waals surface area contributed by atoms with E-state index in [1.54, 1.807) is 20.8 Å². The van der Waals surface area contributed by atoms with Gasteiger partial charge in [0.15, 0.2) is 23.3 Å². The normalized spacial score (nSPS) is 14.3. The largest absolute Gasteiger partial charge is 0.444 e. The third-order valence-electron chi connectivity index (χ3n) is 3.19. The first-order valence-electron chi connectivity index (χ1n) is 6.91. The Morgan fingerprint density at radius 1 is 1.13 bits per heavy atom. The zero-order chi connectivity index (χ0) is 18.0. The molecule has 1 aromatic rings. The molecule has 3 N–H and O–H groups in total. The van der Waals surface area contributed by atoms with Gasteiger partial charge in [-0.3, -0.25) is 0 Å². The van der Waals surface area contributed by atoms with Crippen molar-refractivity contribution in [2.24, 2.45) is 5.73 Å². The number of rotatable bonds is 4. The lowest BCUT2D eigenvalue weighted by molar-refractivity contribution is 0.0515. The summed E-state index contributed by atoms with van der Waals surface area (Å²) in [5, 5.41) is 2.30. The summed E-state index contributed by atoms with van der Waals surface area (Å²) in [4.78, 5) is 11.6. The number of ether oxygens (including phenoxy) is 1. The van der Waals surface area contributed by atoms with Gasteiger partial charge in [-0.05, 0) is 20.8 Å². The molecule has 8 heteroatoms. The molecular weight excluding hydrogens is 316 g/mol. The first kappa shape index (κ1) is 19.2. The quantitative estimate of drug-likeness (QED) is 0.656. The molecule has 1 unspecified atom stereocenters. The van der Waals surface area contributed by atoms with E-state index in [2.05, 4.69) is 5.32 Å². The van der Waals surface area contributed by atoms with Crippen LogP contribution in [0, 0.1) is 23.3 Å².